The molecule has 1 saturated heterocycles. The maximum Gasteiger partial charge on any atom is 0.264 e. The van der Waals surface area contributed by atoms with Crippen molar-refractivity contribution in [2.24, 2.45) is 4.99 Å². The molecule has 0 radical (unpaired) electrons. The van der Waals surface area contributed by atoms with Crippen molar-refractivity contribution < 1.29 is 9.53 Å². The molecule has 4 aromatic rings. The fourth-order valence-corrected chi connectivity index (χ4v) is 5.47. The normalized spacial score (nSPS) is 15.7. The minimum atomic E-state index is -0.165. The lowest BCUT2D eigenvalue weighted by molar-refractivity contribution is -0.115. The molecule has 3 aromatic carbocycles. The zero-order valence-corrected chi connectivity index (χ0v) is 22.0. The largest absolute Gasteiger partial charge is 0.494 e. The zero-order chi connectivity index (χ0) is 25.2. The Kier molecular flexibility index (Phi) is 7.10. The molecule has 1 aliphatic rings. The Bertz CT molecular complexity index is 1520. The number of nitrogens with zero attached hydrogens (tertiary/aromatic N) is 2. The minimum absolute atomic E-state index is 0.165. The van der Waals surface area contributed by atoms with Gasteiger partial charge in [-0.3, -0.25) is 4.79 Å². The summed E-state index contributed by atoms with van der Waals surface area (Å²) in [6.45, 7) is 5.20. The van der Waals surface area contributed by atoms with Crippen LogP contribution in [0.3, 0.4) is 0 Å². The second-order valence-corrected chi connectivity index (χ2v) is 10.1. The summed E-state index contributed by atoms with van der Waals surface area (Å²) in [6.07, 6.45) is 1.94. The molecule has 0 bridgehead atoms. The molecule has 5 rings (SSSR count). The van der Waals surface area contributed by atoms with Gasteiger partial charge >= 0.3 is 0 Å². The highest BCUT2D eigenvalue weighted by atomic mass is 35.5. The average molecular weight is 536 g/mol. The number of fused-ring (bicyclic) bond motifs is 1. The van der Waals surface area contributed by atoms with E-state index in [-0.39, 0.29) is 5.91 Å². The molecule has 1 N–H and O–H groups in total. The standard InChI is InChI=1S/C28H23Cl2N3O2S/c1-3-35-21-12-10-20(11-13-21)31-28-32-27(34)26(36-28)15-23-17(2)33(25-7-5-4-6-22(23)25)16-18-8-9-19(29)14-24(18)30/h4-15H,3,16H2,1-2H3,(H,31,32,34)/b26-15+. The number of aliphatic imine (C=N–C) groups is 1. The lowest BCUT2D eigenvalue weighted by Gasteiger charge is -2.10. The van der Waals surface area contributed by atoms with E-state index >= 15 is 0 Å². The van der Waals surface area contributed by atoms with Crippen LogP contribution < -0.4 is 10.1 Å². The number of para-hydroxylation sites is 1. The van der Waals surface area contributed by atoms with Gasteiger partial charge in [0.1, 0.15) is 5.75 Å². The fraction of sp³-hybridized carbons (Fsp3) is 0.143. The highest BCUT2D eigenvalue weighted by molar-refractivity contribution is 8.18. The third kappa shape index (κ3) is 5.03. The van der Waals surface area contributed by atoms with Gasteiger partial charge in [0, 0.05) is 38.8 Å². The number of carbonyl (C=O) groups is 1. The first-order chi connectivity index (χ1) is 17.4. The average Bonchev–Trinajstić information content (AvgIpc) is 3.34. The summed E-state index contributed by atoms with van der Waals surface area (Å²) < 4.78 is 7.69. The molecule has 0 saturated carbocycles. The maximum absolute atomic E-state index is 12.8. The van der Waals surface area contributed by atoms with Crippen molar-refractivity contribution in [2.75, 3.05) is 6.61 Å². The minimum Gasteiger partial charge on any atom is -0.494 e. The van der Waals surface area contributed by atoms with E-state index in [1.165, 1.54) is 11.8 Å². The zero-order valence-electron chi connectivity index (χ0n) is 19.7. The van der Waals surface area contributed by atoms with E-state index < -0.39 is 0 Å². The van der Waals surface area contributed by atoms with Gasteiger partial charge in [0.25, 0.3) is 5.91 Å². The third-order valence-corrected chi connectivity index (χ3v) is 7.42. The summed E-state index contributed by atoms with van der Waals surface area (Å²) in [6, 6.07) is 21.2. The number of ether oxygens (including phenoxy) is 1. The summed E-state index contributed by atoms with van der Waals surface area (Å²) in [7, 11) is 0. The lowest BCUT2D eigenvalue weighted by Crippen LogP contribution is -2.19. The predicted molar refractivity (Wildman–Crippen MR) is 151 cm³/mol. The monoisotopic (exact) mass is 535 g/mol. The number of aromatic nitrogens is 1. The summed E-state index contributed by atoms with van der Waals surface area (Å²) in [4.78, 5) is 18.0. The van der Waals surface area contributed by atoms with E-state index in [2.05, 4.69) is 33.9 Å². The quantitative estimate of drug-likeness (QED) is 0.258. The molecule has 2 heterocycles. The van der Waals surface area contributed by atoms with Crippen LogP contribution in [-0.2, 0) is 11.3 Å². The van der Waals surface area contributed by atoms with Gasteiger partial charge in [-0.25, -0.2) is 4.99 Å². The Balaban J connectivity index is 1.47. The van der Waals surface area contributed by atoms with Gasteiger partial charge in [0.05, 0.1) is 17.2 Å². The van der Waals surface area contributed by atoms with E-state index in [1.54, 1.807) is 6.07 Å². The van der Waals surface area contributed by atoms with Crippen LogP contribution in [0.4, 0.5) is 5.69 Å². The Hall–Kier alpha value is -3.19. The number of carbonyl (C=O) groups excluding carboxylic acids is 1. The molecule has 1 aromatic heterocycles. The molecule has 8 heteroatoms. The van der Waals surface area contributed by atoms with Crippen LogP contribution in [0, 0.1) is 6.92 Å². The summed E-state index contributed by atoms with van der Waals surface area (Å²) in [5.74, 6) is 0.624. The number of halogens is 2. The first-order valence-electron chi connectivity index (χ1n) is 11.5. The Morgan fingerprint density at radius 2 is 1.86 bits per heavy atom. The SMILES string of the molecule is CCOc1ccc(N=C2NC(=O)/C(=C\c3c(C)n(Cc4ccc(Cl)cc4Cl)c4ccccc34)S2)cc1. The lowest BCUT2D eigenvalue weighted by atomic mass is 10.1. The number of amidine groups is 1. The van der Waals surface area contributed by atoms with Crippen LogP contribution in [0.1, 0.15) is 23.7 Å². The van der Waals surface area contributed by atoms with Crippen LogP contribution in [0.5, 0.6) is 5.75 Å². The summed E-state index contributed by atoms with van der Waals surface area (Å²) in [5, 5.41) is 5.72. The van der Waals surface area contributed by atoms with Crippen molar-refractivity contribution >= 4 is 68.7 Å². The number of amides is 1. The molecule has 0 aliphatic carbocycles. The predicted octanol–water partition coefficient (Wildman–Crippen LogP) is 7.60. The van der Waals surface area contributed by atoms with Gasteiger partial charge in [0.15, 0.2) is 5.17 Å². The molecule has 0 atom stereocenters. The van der Waals surface area contributed by atoms with Crippen LogP contribution in [0.15, 0.2) is 76.6 Å². The molecule has 0 unspecified atom stereocenters. The maximum atomic E-state index is 12.8. The number of benzene rings is 3. The van der Waals surface area contributed by atoms with Crippen LogP contribution in [0.2, 0.25) is 10.0 Å². The number of hydrogen-bond donors (Lipinski definition) is 1. The Morgan fingerprint density at radius 1 is 1.08 bits per heavy atom. The van der Waals surface area contributed by atoms with Gasteiger partial charge in [-0.15, -0.1) is 0 Å². The van der Waals surface area contributed by atoms with Crippen LogP contribution >= 0.6 is 35.0 Å². The topological polar surface area (TPSA) is 55.6 Å². The molecular weight excluding hydrogens is 513 g/mol. The molecule has 1 fully saturated rings. The van der Waals surface area contributed by atoms with Crippen molar-refractivity contribution in [2.45, 2.75) is 20.4 Å². The first kappa shape index (κ1) is 24.5. The van der Waals surface area contributed by atoms with Gasteiger partial charge in [-0.2, -0.15) is 0 Å². The highest BCUT2D eigenvalue weighted by Crippen LogP contribution is 2.34. The van der Waals surface area contributed by atoms with Crippen molar-refractivity contribution in [3.05, 3.63) is 98.5 Å². The van der Waals surface area contributed by atoms with E-state index in [9.17, 15) is 4.79 Å². The van der Waals surface area contributed by atoms with E-state index in [0.29, 0.717) is 33.3 Å². The number of thioether (sulfide) groups is 1. The summed E-state index contributed by atoms with van der Waals surface area (Å²) >= 11 is 13.9. The summed E-state index contributed by atoms with van der Waals surface area (Å²) in [5.41, 5.74) is 4.83. The fourth-order valence-electron chi connectivity index (χ4n) is 4.18. The van der Waals surface area contributed by atoms with Crippen molar-refractivity contribution in [1.29, 1.82) is 0 Å². The van der Waals surface area contributed by atoms with Crippen molar-refractivity contribution in [3.8, 4) is 5.75 Å². The second-order valence-electron chi connectivity index (χ2n) is 8.25. The van der Waals surface area contributed by atoms with E-state index in [0.717, 1.165) is 39.2 Å². The highest BCUT2D eigenvalue weighted by Gasteiger charge is 2.25. The van der Waals surface area contributed by atoms with Gasteiger partial charge in [0.2, 0.25) is 0 Å². The molecule has 5 nitrogen and oxygen atoms in total. The van der Waals surface area contributed by atoms with Crippen molar-refractivity contribution in [3.63, 3.8) is 0 Å². The molecule has 36 heavy (non-hydrogen) atoms. The smallest absolute Gasteiger partial charge is 0.264 e. The van der Waals surface area contributed by atoms with Crippen LogP contribution in [-0.4, -0.2) is 22.2 Å². The number of nitrogens with one attached hydrogen (secondary N) is 1. The Morgan fingerprint density at radius 3 is 2.61 bits per heavy atom. The molecular formula is C28H23Cl2N3O2S. The molecule has 0 spiro atoms. The number of hydrogen-bond acceptors (Lipinski definition) is 4. The molecule has 1 amide bonds. The van der Waals surface area contributed by atoms with E-state index in [1.807, 2.05) is 61.5 Å². The third-order valence-electron chi connectivity index (χ3n) is 5.93. The molecule has 1 aliphatic heterocycles. The number of rotatable bonds is 6. The van der Waals surface area contributed by atoms with E-state index in [4.69, 9.17) is 27.9 Å². The van der Waals surface area contributed by atoms with Gasteiger partial charge < -0.3 is 14.6 Å². The van der Waals surface area contributed by atoms with Gasteiger partial charge in [-0.05, 0) is 79.7 Å². The molecule has 182 valence electrons. The Labute approximate surface area is 223 Å². The van der Waals surface area contributed by atoms with Gasteiger partial charge in [-0.1, -0.05) is 47.5 Å². The first-order valence-corrected chi connectivity index (χ1v) is 13.0. The second kappa shape index (κ2) is 10.4. The van der Waals surface area contributed by atoms with Crippen LogP contribution in [0.25, 0.3) is 17.0 Å². The van der Waals surface area contributed by atoms with Crippen molar-refractivity contribution in [1.82, 2.24) is 9.88 Å².